The Labute approximate surface area is 49.4 Å². The van der Waals surface area contributed by atoms with E-state index in [1.807, 2.05) is 19.9 Å². The minimum Gasteiger partial charge on any atom is -0.498 e. The Kier molecular flexibility index (Phi) is 3.69. The van der Waals surface area contributed by atoms with Gasteiger partial charge in [-0.05, 0) is 13.8 Å². The molecule has 0 fully saturated rings. The van der Waals surface area contributed by atoms with E-state index in [1.54, 1.807) is 0 Å². The van der Waals surface area contributed by atoms with Crippen LogP contribution >= 0.6 is 0 Å². The van der Waals surface area contributed by atoms with Gasteiger partial charge in [-0.25, -0.2) is 0 Å². The predicted octanol–water partition coefficient (Wildman–Crippen LogP) is 1.45. The molecular weight excluding hydrogens is 102 g/mol. The lowest BCUT2D eigenvalue weighted by Gasteiger charge is -2.00. The average Bonchev–Trinajstić information content (AvgIpc) is 1.66. The lowest BCUT2D eigenvalue weighted by molar-refractivity contribution is 0.179. The van der Waals surface area contributed by atoms with Gasteiger partial charge in [0.25, 0.3) is 0 Å². The van der Waals surface area contributed by atoms with Crippen molar-refractivity contribution in [2.75, 3.05) is 0 Å². The summed E-state index contributed by atoms with van der Waals surface area (Å²) in [6.07, 6.45) is 2.87. The second kappa shape index (κ2) is 4.20. The van der Waals surface area contributed by atoms with Crippen molar-refractivity contribution < 1.29 is 4.74 Å². The van der Waals surface area contributed by atoms with Gasteiger partial charge in [-0.15, -0.1) is 0 Å². The van der Waals surface area contributed by atoms with Crippen LogP contribution in [0.1, 0.15) is 13.8 Å². The lowest BCUT2D eigenvalue weighted by atomic mass is 10.5. The van der Waals surface area contributed by atoms with E-state index >= 15 is 0 Å². The van der Waals surface area contributed by atoms with Gasteiger partial charge < -0.3 is 4.74 Å². The highest BCUT2D eigenvalue weighted by Crippen LogP contribution is 1.86. The van der Waals surface area contributed by atoms with E-state index in [9.17, 15) is 0 Å². The first-order chi connectivity index (χ1) is 3.77. The lowest BCUT2D eigenvalue weighted by Crippen LogP contribution is -1.93. The zero-order valence-electron chi connectivity index (χ0n) is 5.09. The summed E-state index contributed by atoms with van der Waals surface area (Å²) >= 11 is 0. The molecule has 0 N–H and O–H groups in total. The van der Waals surface area contributed by atoms with Crippen molar-refractivity contribution in [1.82, 2.24) is 0 Å². The standard InChI is InChI=1S/C6H9NO/c1-6(2)8-5-3-4-7/h3,5-6H,1-2H3/b5-3+. The maximum atomic E-state index is 7.96. The summed E-state index contributed by atoms with van der Waals surface area (Å²) in [5.41, 5.74) is 0. The van der Waals surface area contributed by atoms with Crippen molar-refractivity contribution >= 4 is 0 Å². The number of hydrogen-bond donors (Lipinski definition) is 0. The second-order valence-electron chi connectivity index (χ2n) is 1.62. The molecule has 0 spiro atoms. The third-order valence-corrected chi connectivity index (χ3v) is 0.493. The fourth-order valence-corrected chi connectivity index (χ4v) is 0.227. The first kappa shape index (κ1) is 7.03. The molecule has 0 aliphatic rings. The highest BCUT2D eigenvalue weighted by atomic mass is 16.5. The molecule has 0 heterocycles. The molecule has 0 aliphatic heterocycles. The summed E-state index contributed by atoms with van der Waals surface area (Å²) in [6, 6.07) is 1.82. The van der Waals surface area contributed by atoms with Crippen molar-refractivity contribution in [2.45, 2.75) is 20.0 Å². The van der Waals surface area contributed by atoms with Crippen molar-refractivity contribution in [3.05, 3.63) is 12.3 Å². The van der Waals surface area contributed by atoms with Crippen LogP contribution < -0.4 is 0 Å². The zero-order chi connectivity index (χ0) is 6.41. The summed E-state index contributed by atoms with van der Waals surface area (Å²) < 4.78 is 4.88. The van der Waals surface area contributed by atoms with Gasteiger partial charge in [0.15, 0.2) is 0 Å². The minimum atomic E-state index is 0.166. The number of nitriles is 1. The molecule has 0 bridgehead atoms. The van der Waals surface area contributed by atoms with E-state index in [0.717, 1.165) is 0 Å². The number of rotatable bonds is 2. The van der Waals surface area contributed by atoms with Crippen LogP contribution in [0.3, 0.4) is 0 Å². The van der Waals surface area contributed by atoms with Crippen LogP contribution in [0.15, 0.2) is 12.3 Å². The van der Waals surface area contributed by atoms with E-state index in [0.29, 0.717) is 0 Å². The summed E-state index contributed by atoms with van der Waals surface area (Å²) in [5, 5.41) is 7.96. The van der Waals surface area contributed by atoms with Crippen molar-refractivity contribution in [3.8, 4) is 6.07 Å². The molecule has 44 valence electrons. The maximum Gasteiger partial charge on any atom is 0.0944 e. The number of hydrogen-bond acceptors (Lipinski definition) is 2. The quantitative estimate of drug-likeness (QED) is 0.399. The Hall–Kier alpha value is -0.970. The minimum absolute atomic E-state index is 0.166. The Balaban J connectivity index is 3.19. The summed E-state index contributed by atoms with van der Waals surface area (Å²) in [6.45, 7) is 3.81. The van der Waals surface area contributed by atoms with Gasteiger partial charge in [0.2, 0.25) is 0 Å². The van der Waals surface area contributed by atoms with Crippen LogP contribution in [0.2, 0.25) is 0 Å². The summed E-state index contributed by atoms with van der Waals surface area (Å²) in [4.78, 5) is 0. The van der Waals surface area contributed by atoms with Crippen LogP contribution in [0.25, 0.3) is 0 Å². The molecular formula is C6H9NO. The molecule has 0 aromatic heterocycles. The van der Waals surface area contributed by atoms with Gasteiger partial charge in [0.05, 0.1) is 24.5 Å². The van der Waals surface area contributed by atoms with E-state index in [4.69, 9.17) is 10.00 Å². The molecule has 0 aromatic rings. The first-order valence-corrected chi connectivity index (χ1v) is 2.47. The zero-order valence-corrected chi connectivity index (χ0v) is 5.09. The molecule has 0 rings (SSSR count). The Morgan fingerprint density at radius 3 is 2.62 bits per heavy atom. The SMILES string of the molecule is CC(C)O/C=C/C#N. The second-order valence-corrected chi connectivity index (χ2v) is 1.62. The van der Waals surface area contributed by atoms with E-state index in [-0.39, 0.29) is 6.10 Å². The molecule has 8 heavy (non-hydrogen) atoms. The molecule has 0 radical (unpaired) electrons. The van der Waals surface area contributed by atoms with Crippen LogP contribution in [0, 0.1) is 11.3 Å². The molecule has 0 atom stereocenters. The topological polar surface area (TPSA) is 33.0 Å². The molecule has 0 aromatic carbocycles. The van der Waals surface area contributed by atoms with Crippen molar-refractivity contribution in [2.24, 2.45) is 0 Å². The van der Waals surface area contributed by atoms with Gasteiger partial charge in [-0.1, -0.05) is 0 Å². The van der Waals surface area contributed by atoms with E-state index in [1.165, 1.54) is 12.3 Å². The van der Waals surface area contributed by atoms with Gasteiger partial charge in [-0.3, -0.25) is 0 Å². The molecule has 0 unspecified atom stereocenters. The number of nitrogens with zero attached hydrogens (tertiary/aromatic N) is 1. The predicted molar refractivity (Wildman–Crippen MR) is 31.0 cm³/mol. The number of allylic oxidation sites excluding steroid dienone is 1. The van der Waals surface area contributed by atoms with Crippen LogP contribution in [-0.2, 0) is 4.74 Å². The third kappa shape index (κ3) is 5.03. The molecule has 0 amide bonds. The van der Waals surface area contributed by atoms with Crippen molar-refractivity contribution in [3.63, 3.8) is 0 Å². The molecule has 0 saturated carbocycles. The van der Waals surface area contributed by atoms with E-state index in [2.05, 4.69) is 0 Å². The van der Waals surface area contributed by atoms with Gasteiger partial charge in [0, 0.05) is 0 Å². The Morgan fingerprint density at radius 1 is 1.62 bits per heavy atom. The summed E-state index contributed by atoms with van der Waals surface area (Å²) in [7, 11) is 0. The van der Waals surface area contributed by atoms with Gasteiger partial charge in [-0.2, -0.15) is 5.26 Å². The summed E-state index contributed by atoms with van der Waals surface area (Å²) in [5.74, 6) is 0. The molecule has 2 heteroatoms. The third-order valence-electron chi connectivity index (χ3n) is 0.493. The normalized spacial score (nSPS) is 9.75. The van der Waals surface area contributed by atoms with E-state index < -0.39 is 0 Å². The van der Waals surface area contributed by atoms with Crippen LogP contribution in [0.5, 0.6) is 0 Å². The smallest absolute Gasteiger partial charge is 0.0944 e. The van der Waals surface area contributed by atoms with Gasteiger partial charge in [0.1, 0.15) is 0 Å². The molecule has 0 aliphatic carbocycles. The van der Waals surface area contributed by atoms with Gasteiger partial charge >= 0.3 is 0 Å². The largest absolute Gasteiger partial charge is 0.498 e. The Morgan fingerprint density at radius 2 is 2.25 bits per heavy atom. The average molecular weight is 111 g/mol. The number of ether oxygens (including phenoxy) is 1. The monoisotopic (exact) mass is 111 g/mol. The molecule has 0 saturated heterocycles. The highest BCUT2D eigenvalue weighted by molar-refractivity contribution is 4.97. The molecule has 2 nitrogen and oxygen atoms in total. The highest BCUT2D eigenvalue weighted by Gasteiger charge is 1.82. The Bertz CT molecular complexity index is 110. The fraction of sp³-hybridized carbons (Fsp3) is 0.500. The first-order valence-electron chi connectivity index (χ1n) is 2.47. The van der Waals surface area contributed by atoms with Crippen molar-refractivity contribution in [1.29, 1.82) is 5.26 Å². The van der Waals surface area contributed by atoms with Crippen LogP contribution in [-0.4, -0.2) is 6.10 Å². The fourth-order valence-electron chi connectivity index (χ4n) is 0.227. The van der Waals surface area contributed by atoms with Crippen LogP contribution in [0.4, 0.5) is 0 Å². The maximum absolute atomic E-state index is 7.96.